The third-order valence-electron chi connectivity index (χ3n) is 5.86. The van der Waals surface area contributed by atoms with Crippen molar-refractivity contribution in [1.29, 1.82) is 0 Å². The average Bonchev–Trinajstić information content (AvgIpc) is 3.26. The van der Waals surface area contributed by atoms with Gasteiger partial charge in [-0.3, -0.25) is 14.8 Å². The van der Waals surface area contributed by atoms with E-state index >= 15 is 0 Å². The van der Waals surface area contributed by atoms with E-state index in [0.717, 1.165) is 5.56 Å². The van der Waals surface area contributed by atoms with E-state index in [1.54, 1.807) is 32.7 Å². The maximum Gasteiger partial charge on any atom is 0.326 e. The van der Waals surface area contributed by atoms with Gasteiger partial charge in [0.1, 0.15) is 30.3 Å². The van der Waals surface area contributed by atoms with Gasteiger partial charge in [0.05, 0.1) is 44.0 Å². The predicted molar refractivity (Wildman–Crippen MR) is 114 cm³/mol. The van der Waals surface area contributed by atoms with E-state index in [1.165, 1.54) is 0 Å². The van der Waals surface area contributed by atoms with Crippen LogP contribution in [0.15, 0.2) is 67.0 Å². The number of rotatable bonds is 5. The van der Waals surface area contributed by atoms with Crippen molar-refractivity contribution in [2.45, 2.75) is 24.4 Å². The number of cyclic esters (lactones) is 1. The molecule has 8 heteroatoms. The molecular weight excluding hydrogens is 410 g/mol. The molecule has 1 aromatic carbocycles. The Hall–Kier alpha value is -3.49. The zero-order chi connectivity index (χ0) is 22.1. The lowest BCUT2D eigenvalue weighted by Gasteiger charge is -2.38. The molecule has 0 N–H and O–H groups in total. The molecule has 4 atom stereocenters. The molecule has 3 aromatic rings. The first kappa shape index (κ1) is 20.4. The summed E-state index contributed by atoms with van der Waals surface area (Å²) in [5, 5.41) is 0. The monoisotopic (exact) mass is 433 g/mol. The lowest BCUT2D eigenvalue weighted by atomic mass is 9.98. The molecule has 0 radical (unpaired) electrons. The molecule has 2 fully saturated rings. The van der Waals surface area contributed by atoms with Gasteiger partial charge in [-0.25, -0.2) is 4.90 Å². The standard InChI is InChI=1S/C24H23N3O5/c1-29-16-8-10-18(25-12-16)22-21-24(28)31-14-20(15-6-4-3-5-7-15)27(21)23(32-22)19-11-9-17(30-2)13-26-19/h3-13,20-23H,14H2,1-2H3/t20-,21?,22-,23+/m1/s1. The van der Waals surface area contributed by atoms with E-state index < -0.39 is 18.4 Å². The van der Waals surface area contributed by atoms with Gasteiger partial charge in [-0.2, -0.15) is 0 Å². The van der Waals surface area contributed by atoms with E-state index in [1.807, 2.05) is 53.4 Å². The van der Waals surface area contributed by atoms with Gasteiger partial charge in [0.2, 0.25) is 0 Å². The van der Waals surface area contributed by atoms with Crippen LogP contribution in [-0.2, 0) is 14.3 Å². The Balaban J connectivity index is 1.58. The molecule has 1 unspecified atom stereocenters. The molecule has 164 valence electrons. The fourth-order valence-corrected chi connectivity index (χ4v) is 4.26. The third-order valence-corrected chi connectivity index (χ3v) is 5.86. The SMILES string of the molecule is COc1ccc([C@H]2O[C@@H](c3ccc(OC)cn3)N3C2C(=O)OC[C@@H]3c2ccccc2)nc1. The minimum Gasteiger partial charge on any atom is -0.495 e. The lowest BCUT2D eigenvalue weighted by Crippen LogP contribution is -2.49. The number of morpholine rings is 1. The van der Waals surface area contributed by atoms with E-state index in [9.17, 15) is 4.79 Å². The average molecular weight is 433 g/mol. The van der Waals surface area contributed by atoms with Crippen LogP contribution >= 0.6 is 0 Å². The van der Waals surface area contributed by atoms with Crippen molar-refractivity contribution in [3.05, 3.63) is 83.9 Å². The van der Waals surface area contributed by atoms with Gasteiger partial charge >= 0.3 is 5.97 Å². The number of nitrogens with zero attached hydrogens (tertiary/aromatic N) is 3. The summed E-state index contributed by atoms with van der Waals surface area (Å²) in [7, 11) is 3.18. The number of hydrogen-bond donors (Lipinski definition) is 0. The zero-order valence-electron chi connectivity index (χ0n) is 17.8. The Morgan fingerprint density at radius 3 is 2.16 bits per heavy atom. The van der Waals surface area contributed by atoms with Gasteiger partial charge in [0, 0.05) is 0 Å². The van der Waals surface area contributed by atoms with E-state index in [0.29, 0.717) is 22.9 Å². The fourth-order valence-electron chi connectivity index (χ4n) is 4.26. The fraction of sp³-hybridized carbons (Fsp3) is 0.292. The van der Waals surface area contributed by atoms with Crippen molar-refractivity contribution in [2.75, 3.05) is 20.8 Å². The lowest BCUT2D eigenvalue weighted by molar-refractivity contribution is -0.163. The molecule has 2 aromatic heterocycles. The summed E-state index contributed by atoms with van der Waals surface area (Å²) in [4.78, 5) is 24.1. The summed E-state index contributed by atoms with van der Waals surface area (Å²) in [5.74, 6) is 0.940. The number of hydrogen-bond acceptors (Lipinski definition) is 8. The number of aromatic nitrogens is 2. The Labute approximate surface area is 185 Å². The van der Waals surface area contributed by atoms with Gasteiger partial charge in [-0.05, 0) is 29.8 Å². The molecular formula is C24H23N3O5. The predicted octanol–water partition coefficient (Wildman–Crippen LogP) is 3.23. The van der Waals surface area contributed by atoms with Gasteiger partial charge in [0.15, 0.2) is 6.23 Å². The summed E-state index contributed by atoms with van der Waals surface area (Å²) >= 11 is 0. The van der Waals surface area contributed by atoms with Crippen LogP contribution in [0.5, 0.6) is 11.5 Å². The Morgan fingerprint density at radius 1 is 0.906 bits per heavy atom. The number of esters is 1. The second-order valence-corrected chi connectivity index (χ2v) is 7.60. The maximum atomic E-state index is 13.0. The highest BCUT2D eigenvalue weighted by molar-refractivity contribution is 5.78. The summed E-state index contributed by atoms with van der Waals surface area (Å²) < 4.78 is 22.6. The molecule has 0 bridgehead atoms. The highest BCUT2D eigenvalue weighted by atomic mass is 16.6. The second-order valence-electron chi connectivity index (χ2n) is 7.60. The van der Waals surface area contributed by atoms with Crippen LogP contribution < -0.4 is 9.47 Å². The van der Waals surface area contributed by atoms with Crippen LogP contribution in [0.25, 0.3) is 0 Å². The zero-order valence-corrected chi connectivity index (χ0v) is 17.8. The quantitative estimate of drug-likeness (QED) is 0.567. The van der Waals surface area contributed by atoms with Crippen molar-refractivity contribution in [1.82, 2.24) is 14.9 Å². The third kappa shape index (κ3) is 3.57. The van der Waals surface area contributed by atoms with Crippen LogP contribution in [0.3, 0.4) is 0 Å². The molecule has 2 aliphatic rings. The first-order chi connectivity index (χ1) is 15.7. The smallest absolute Gasteiger partial charge is 0.326 e. The number of carbonyl (C=O) groups is 1. The number of pyridine rings is 2. The van der Waals surface area contributed by atoms with Gasteiger partial charge in [0.25, 0.3) is 0 Å². The minimum atomic E-state index is -0.663. The molecule has 8 nitrogen and oxygen atoms in total. The number of methoxy groups -OCH3 is 2. The van der Waals surface area contributed by atoms with Gasteiger partial charge in [-0.1, -0.05) is 30.3 Å². The van der Waals surface area contributed by atoms with Crippen LogP contribution in [0.1, 0.15) is 35.3 Å². The summed E-state index contributed by atoms with van der Waals surface area (Å²) in [6.07, 6.45) is 2.09. The number of fused-ring (bicyclic) bond motifs is 1. The molecule has 0 aliphatic carbocycles. The number of ether oxygens (including phenoxy) is 4. The largest absolute Gasteiger partial charge is 0.495 e. The number of carbonyl (C=O) groups excluding carboxylic acids is 1. The maximum absolute atomic E-state index is 13.0. The van der Waals surface area contributed by atoms with Crippen molar-refractivity contribution >= 4 is 5.97 Å². The van der Waals surface area contributed by atoms with Crippen LogP contribution in [0.4, 0.5) is 0 Å². The molecule has 4 heterocycles. The van der Waals surface area contributed by atoms with Crippen LogP contribution in [0.2, 0.25) is 0 Å². The molecule has 32 heavy (non-hydrogen) atoms. The van der Waals surface area contributed by atoms with Crippen molar-refractivity contribution in [3.63, 3.8) is 0 Å². The van der Waals surface area contributed by atoms with E-state index in [4.69, 9.17) is 18.9 Å². The highest BCUT2D eigenvalue weighted by Crippen LogP contribution is 2.48. The molecule has 0 spiro atoms. The van der Waals surface area contributed by atoms with Gasteiger partial charge in [-0.15, -0.1) is 0 Å². The topological polar surface area (TPSA) is 83.0 Å². The van der Waals surface area contributed by atoms with E-state index in [-0.39, 0.29) is 18.6 Å². The van der Waals surface area contributed by atoms with Gasteiger partial charge < -0.3 is 18.9 Å². The molecule has 2 aliphatic heterocycles. The second kappa shape index (κ2) is 8.57. The minimum absolute atomic E-state index is 0.184. The molecule has 2 saturated heterocycles. The first-order valence-electron chi connectivity index (χ1n) is 10.3. The molecule has 0 saturated carbocycles. The van der Waals surface area contributed by atoms with Crippen molar-refractivity contribution in [2.24, 2.45) is 0 Å². The van der Waals surface area contributed by atoms with Crippen LogP contribution in [-0.4, -0.2) is 47.7 Å². The molecule has 0 amide bonds. The van der Waals surface area contributed by atoms with Crippen LogP contribution in [0, 0.1) is 0 Å². The summed E-state index contributed by atoms with van der Waals surface area (Å²) in [6, 6.07) is 16.4. The Kier molecular flexibility index (Phi) is 5.46. The van der Waals surface area contributed by atoms with Crippen molar-refractivity contribution < 1.29 is 23.7 Å². The van der Waals surface area contributed by atoms with Crippen molar-refractivity contribution in [3.8, 4) is 11.5 Å². The molecule has 5 rings (SSSR count). The Morgan fingerprint density at radius 2 is 1.56 bits per heavy atom. The first-order valence-corrected chi connectivity index (χ1v) is 10.3. The summed E-state index contributed by atoms with van der Waals surface area (Å²) in [6.45, 7) is 0.234. The Bertz CT molecular complexity index is 1080. The highest BCUT2D eigenvalue weighted by Gasteiger charge is 2.55. The van der Waals surface area contributed by atoms with E-state index in [2.05, 4.69) is 9.97 Å². The number of benzene rings is 1. The normalized spacial score (nSPS) is 25.1. The summed E-state index contributed by atoms with van der Waals surface area (Å²) in [5.41, 5.74) is 2.35.